The molecule has 12 heavy (non-hydrogen) atoms. The lowest BCUT2D eigenvalue weighted by molar-refractivity contribution is -0.125. The normalized spacial score (nSPS) is 13.0. The van der Waals surface area contributed by atoms with Crippen LogP contribution in [0.2, 0.25) is 0 Å². The summed E-state index contributed by atoms with van der Waals surface area (Å²) in [4.78, 5) is 21.5. The highest BCUT2D eigenvalue weighted by atomic mass is 16.1. The van der Waals surface area contributed by atoms with Crippen LogP contribution in [0.1, 0.15) is 26.7 Å². The van der Waals surface area contributed by atoms with Crippen LogP contribution in [0.25, 0.3) is 0 Å². The molecule has 0 fully saturated rings. The third kappa shape index (κ3) is 4.85. The molecule has 0 aromatic carbocycles. The first-order valence-electron chi connectivity index (χ1n) is 4.00. The number of rotatable bonds is 5. The molecule has 4 nitrogen and oxygen atoms in total. The highest BCUT2D eigenvalue weighted by Crippen LogP contribution is 2.03. The summed E-state index contributed by atoms with van der Waals surface area (Å²) in [6.45, 7) is 3.85. The maximum absolute atomic E-state index is 11.2. The minimum absolute atomic E-state index is 0.0500. The van der Waals surface area contributed by atoms with Crippen LogP contribution in [0.4, 0.5) is 0 Å². The van der Waals surface area contributed by atoms with Gasteiger partial charge >= 0.3 is 0 Å². The van der Waals surface area contributed by atoms with Crippen LogP contribution >= 0.6 is 0 Å². The quantitative estimate of drug-likeness (QED) is 0.602. The van der Waals surface area contributed by atoms with E-state index in [-0.39, 0.29) is 18.1 Å². The van der Waals surface area contributed by atoms with Crippen molar-refractivity contribution in [3.05, 3.63) is 0 Å². The Morgan fingerprint density at radius 2 is 1.75 bits per heavy atom. The third-order valence-electron chi connectivity index (χ3n) is 1.44. The first-order chi connectivity index (χ1) is 5.43. The van der Waals surface area contributed by atoms with E-state index in [0.717, 1.165) is 0 Å². The Morgan fingerprint density at radius 3 is 2.08 bits per heavy atom. The average Bonchev–Trinajstić information content (AvgIpc) is 1.84. The summed E-state index contributed by atoms with van der Waals surface area (Å²) in [6.07, 6.45) is 0.361. The lowest BCUT2D eigenvalue weighted by Crippen LogP contribution is -2.35. The van der Waals surface area contributed by atoms with E-state index in [1.807, 2.05) is 13.8 Å². The molecular formula is C8H16N2O2. The van der Waals surface area contributed by atoms with Gasteiger partial charge in [0.1, 0.15) is 5.78 Å². The third-order valence-corrected chi connectivity index (χ3v) is 1.44. The number of carbonyl (C=O) groups is 2. The van der Waals surface area contributed by atoms with Crippen molar-refractivity contribution in [1.82, 2.24) is 0 Å². The lowest BCUT2D eigenvalue weighted by atomic mass is 10.0. The molecule has 0 aliphatic rings. The number of primary amides is 1. The summed E-state index contributed by atoms with van der Waals surface area (Å²) >= 11 is 0. The van der Waals surface area contributed by atoms with Gasteiger partial charge in [-0.05, 0) is 5.92 Å². The van der Waals surface area contributed by atoms with Gasteiger partial charge in [0.15, 0.2) is 0 Å². The number of amides is 1. The van der Waals surface area contributed by atoms with Crippen LogP contribution in [0.3, 0.4) is 0 Å². The molecule has 0 saturated heterocycles. The van der Waals surface area contributed by atoms with Crippen LogP contribution in [0.5, 0.6) is 0 Å². The monoisotopic (exact) mass is 172 g/mol. The second-order valence-electron chi connectivity index (χ2n) is 3.34. The van der Waals surface area contributed by atoms with Gasteiger partial charge in [0.2, 0.25) is 5.91 Å². The van der Waals surface area contributed by atoms with Gasteiger partial charge < -0.3 is 11.5 Å². The van der Waals surface area contributed by atoms with Crippen LogP contribution in [-0.4, -0.2) is 17.7 Å². The summed E-state index contributed by atoms with van der Waals surface area (Å²) < 4.78 is 0. The van der Waals surface area contributed by atoms with E-state index < -0.39 is 11.9 Å². The maximum atomic E-state index is 11.2. The largest absolute Gasteiger partial charge is 0.370 e. The smallest absolute Gasteiger partial charge is 0.219 e. The standard InChI is InChI=1S/C8H16N2O2/c1-5(2)3-7(11)6(9)4-8(10)12/h5-6H,3-4,9H2,1-2H3,(H2,10,12)/t6-/m0/s1. The molecule has 0 aliphatic heterocycles. The molecule has 0 saturated carbocycles. The van der Waals surface area contributed by atoms with E-state index in [4.69, 9.17) is 11.5 Å². The lowest BCUT2D eigenvalue weighted by Gasteiger charge is -2.09. The van der Waals surface area contributed by atoms with E-state index in [1.54, 1.807) is 0 Å². The Bertz CT molecular complexity index is 178. The molecule has 1 amide bonds. The molecule has 70 valence electrons. The van der Waals surface area contributed by atoms with Crippen LogP contribution in [0, 0.1) is 5.92 Å². The number of hydrogen-bond donors (Lipinski definition) is 2. The van der Waals surface area contributed by atoms with Gasteiger partial charge in [0, 0.05) is 12.8 Å². The number of Topliss-reactive ketones (excluding diaryl/α,β-unsaturated/α-hetero) is 1. The molecule has 4 heteroatoms. The summed E-state index contributed by atoms with van der Waals surface area (Å²) in [5.74, 6) is -0.347. The summed E-state index contributed by atoms with van der Waals surface area (Å²) in [6, 6.07) is -0.718. The highest BCUT2D eigenvalue weighted by Gasteiger charge is 2.16. The fourth-order valence-electron chi connectivity index (χ4n) is 0.884. The molecule has 0 bridgehead atoms. The molecule has 0 unspecified atom stereocenters. The van der Waals surface area contributed by atoms with Crippen LogP contribution in [-0.2, 0) is 9.59 Å². The van der Waals surface area contributed by atoms with Gasteiger partial charge in [0.25, 0.3) is 0 Å². The zero-order chi connectivity index (χ0) is 9.72. The summed E-state index contributed by atoms with van der Waals surface area (Å²) in [5, 5.41) is 0. The molecule has 1 atom stereocenters. The Hall–Kier alpha value is -0.900. The Balaban J connectivity index is 3.85. The van der Waals surface area contributed by atoms with Crippen molar-refractivity contribution >= 4 is 11.7 Å². The molecular weight excluding hydrogens is 156 g/mol. The predicted octanol–water partition coefficient (Wildman–Crippen LogP) is -0.196. The maximum Gasteiger partial charge on any atom is 0.219 e. The van der Waals surface area contributed by atoms with E-state index >= 15 is 0 Å². The molecule has 0 aromatic heterocycles. The Kier molecular flexibility index (Phi) is 4.51. The second-order valence-corrected chi connectivity index (χ2v) is 3.34. The highest BCUT2D eigenvalue weighted by molar-refractivity contribution is 5.89. The first kappa shape index (κ1) is 11.1. The minimum atomic E-state index is -0.718. The van der Waals surface area contributed by atoms with Crippen molar-refractivity contribution in [2.45, 2.75) is 32.7 Å². The van der Waals surface area contributed by atoms with Crippen LogP contribution < -0.4 is 11.5 Å². The molecule has 0 heterocycles. The molecule has 0 aromatic rings. The number of ketones is 1. The topological polar surface area (TPSA) is 86.2 Å². The summed E-state index contributed by atoms with van der Waals surface area (Å²) in [5.41, 5.74) is 10.3. The van der Waals surface area contributed by atoms with Gasteiger partial charge in [-0.15, -0.1) is 0 Å². The van der Waals surface area contributed by atoms with Crippen molar-refractivity contribution in [3.63, 3.8) is 0 Å². The van der Waals surface area contributed by atoms with E-state index in [2.05, 4.69) is 0 Å². The van der Waals surface area contributed by atoms with E-state index in [0.29, 0.717) is 6.42 Å². The zero-order valence-corrected chi connectivity index (χ0v) is 7.54. The fraction of sp³-hybridized carbons (Fsp3) is 0.750. The van der Waals surface area contributed by atoms with E-state index in [1.165, 1.54) is 0 Å². The number of hydrogen-bond acceptors (Lipinski definition) is 3. The molecule has 0 spiro atoms. The van der Waals surface area contributed by atoms with Crippen molar-refractivity contribution < 1.29 is 9.59 Å². The van der Waals surface area contributed by atoms with Crippen molar-refractivity contribution in [1.29, 1.82) is 0 Å². The van der Waals surface area contributed by atoms with Crippen LogP contribution in [0.15, 0.2) is 0 Å². The molecule has 0 aliphatic carbocycles. The van der Waals surface area contributed by atoms with Gasteiger partial charge in [-0.1, -0.05) is 13.8 Å². The number of carbonyl (C=O) groups excluding carboxylic acids is 2. The molecule has 4 N–H and O–H groups in total. The van der Waals surface area contributed by atoms with Gasteiger partial charge in [-0.25, -0.2) is 0 Å². The second kappa shape index (κ2) is 4.87. The summed E-state index contributed by atoms with van der Waals surface area (Å²) in [7, 11) is 0. The fourth-order valence-corrected chi connectivity index (χ4v) is 0.884. The van der Waals surface area contributed by atoms with Gasteiger partial charge in [-0.3, -0.25) is 9.59 Å². The molecule has 0 rings (SSSR count). The van der Waals surface area contributed by atoms with Crippen molar-refractivity contribution in [3.8, 4) is 0 Å². The van der Waals surface area contributed by atoms with Crippen molar-refractivity contribution in [2.24, 2.45) is 17.4 Å². The SMILES string of the molecule is CC(C)CC(=O)[C@@H](N)CC(N)=O. The van der Waals surface area contributed by atoms with Gasteiger partial charge in [-0.2, -0.15) is 0 Å². The van der Waals surface area contributed by atoms with E-state index in [9.17, 15) is 9.59 Å². The zero-order valence-electron chi connectivity index (χ0n) is 7.54. The van der Waals surface area contributed by atoms with Gasteiger partial charge in [0.05, 0.1) is 6.04 Å². The predicted molar refractivity (Wildman–Crippen MR) is 46.2 cm³/mol. The Labute approximate surface area is 72.3 Å². The minimum Gasteiger partial charge on any atom is -0.370 e. The average molecular weight is 172 g/mol. The first-order valence-corrected chi connectivity index (χ1v) is 4.00. The number of nitrogens with two attached hydrogens (primary N) is 2. The molecule has 0 radical (unpaired) electrons. The Morgan fingerprint density at radius 1 is 1.25 bits per heavy atom. The van der Waals surface area contributed by atoms with Crippen molar-refractivity contribution in [2.75, 3.05) is 0 Å².